The van der Waals surface area contributed by atoms with Gasteiger partial charge in [0.15, 0.2) is 5.96 Å². The molecule has 1 fully saturated rings. The number of ketones is 1. The fourth-order valence-corrected chi connectivity index (χ4v) is 5.81. The van der Waals surface area contributed by atoms with Gasteiger partial charge in [0, 0.05) is 42.5 Å². The van der Waals surface area contributed by atoms with Crippen molar-refractivity contribution in [3.8, 4) is 0 Å². The lowest BCUT2D eigenvalue weighted by Crippen LogP contribution is -2.46. The summed E-state index contributed by atoms with van der Waals surface area (Å²) >= 11 is 1.08. The number of aryl methyl sites for hydroxylation is 1. The zero-order valence-electron chi connectivity index (χ0n) is 19.6. The van der Waals surface area contributed by atoms with Crippen molar-refractivity contribution in [1.29, 1.82) is 0 Å². The number of pyridine rings is 1. The first kappa shape index (κ1) is 24.4. The van der Waals surface area contributed by atoms with E-state index < -0.39 is 11.7 Å². The Balaban J connectivity index is 1.37. The van der Waals surface area contributed by atoms with Crippen LogP contribution in [0.2, 0.25) is 0 Å². The number of benzene rings is 1. The molecular weight excluding hydrogens is 454 g/mol. The van der Waals surface area contributed by atoms with Gasteiger partial charge in [0.1, 0.15) is 0 Å². The molecule has 2 N–H and O–H groups in total. The van der Waals surface area contributed by atoms with Crippen LogP contribution in [0.25, 0.3) is 0 Å². The number of nitrogens with two attached hydrogens (primary N) is 1. The number of fused-ring (bicyclic) bond motifs is 1. The molecule has 8 heteroatoms. The van der Waals surface area contributed by atoms with E-state index in [2.05, 4.69) is 39.1 Å². The van der Waals surface area contributed by atoms with Crippen molar-refractivity contribution in [2.75, 3.05) is 13.1 Å². The van der Waals surface area contributed by atoms with Gasteiger partial charge in [0.05, 0.1) is 5.56 Å². The number of hydrogen-bond donors (Lipinski definition) is 1. The number of Topliss-reactive ketones (excluding diaryl/α,β-unsaturated/α-hetero) is 1. The summed E-state index contributed by atoms with van der Waals surface area (Å²) in [5, 5.41) is 1.61. The maximum atomic E-state index is 14.7. The van der Waals surface area contributed by atoms with Gasteiger partial charge in [-0.2, -0.15) is 8.78 Å². The minimum Gasteiger partial charge on any atom is -0.370 e. The van der Waals surface area contributed by atoms with Gasteiger partial charge < -0.3 is 10.6 Å². The fourth-order valence-electron chi connectivity index (χ4n) is 5.01. The Morgan fingerprint density at radius 2 is 1.88 bits per heavy atom. The number of halogens is 2. The second-order valence-electron chi connectivity index (χ2n) is 9.12. The number of alkyl halides is 2. The number of aliphatic imine (C=N–C) groups is 1. The highest BCUT2D eigenvalue weighted by atomic mass is 32.2. The largest absolute Gasteiger partial charge is 0.370 e. The molecule has 1 aliphatic carbocycles. The van der Waals surface area contributed by atoms with Crippen LogP contribution in [-0.4, -0.2) is 34.7 Å². The molecule has 4 rings (SSSR count). The van der Waals surface area contributed by atoms with Crippen molar-refractivity contribution in [1.82, 2.24) is 9.88 Å². The van der Waals surface area contributed by atoms with Crippen molar-refractivity contribution in [3.05, 3.63) is 70.5 Å². The summed E-state index contributed by atoms with van der Waals surface area (Å²) in [6, 6.07) is 10.2. The molecule has 0 radical (unpaired) electrons. The van der Waals surface area contributed by atoms with Crippen LogP contribution in [0.3, 0.4) is 0 Å². The Morgan fingerprint density at radius 3 is 2.50 bits per heavy atom. The van der Waals surface area contributed by atoms with Crippen LogP contribution in [-0.2, 0) is 23.6 Å². The van der Waals surface area contributed by atoms with Crippen LogP contribution in [0, 0.1) is 12.3 Å². The number of guanidine groups is 1. The Bertz CT molecular complexity index is 1100. The predicted octanol–water partition coefficient (Wildman–Crippen LogP) is 5.22. The average Bonchev–Trinajstić information content (AvgIpc) is 3.18. The predicted molar refractivity (Wildman–Crippen MR) is 132 cm³/mol. The number of hydrogen-bond acceptors (Lipinski definition) is 4. The lowest BCUT2D eigenvalue weighted by molar-refractivity contribution is -0.144. The van der Waals surface area contributed by atoms with Gasteiger partial charge in [0.25, 0.3) is 0 Å². The lowest BCUT2D eigenvalue weighted by Gasteiger charge is -2.39. The smallest absolute Gasteiger partial charge is 0.333 e. The summed E-state index contributed by atoms with van der Waals surface area (Å²) in [6.45, 7) is 4.62. The lowest BCUT2D eigenvalue weighted by atomic mass is 9.76. The summed E-state index contributed by atoms with van der Waals surface area (Å²) < 4.78 is 29.4. The van der Waals surface area contributed by atoms with E-state index in [1.807, 2.05) is 0 Å². The monoisotopic (exact) mass is 484 g/mol. The van der Waals surface area contributed by atoms with Gasteiger partial charge in [-0.25, -0.2) is 4.99 Å². The Morgan fingerprint density at radius 1 is 1.24 bits per heavy atom. The molecule has 1 saturated heterocycles. The third-order valence-corrected chi connectivity index (χ3v) is 7.80. The first-order valence-corrected chi connectivity index (χ1v) is 12.5. The van der Waals surface area contributed by atoms with E-state index in [1.165, 1.54) is 43.4 Å². The normalized spacial score (nSPS) is 18.0. The summed E-state index contributed by atoms with van der Waals surface area (Å²) in [4.78, 5) is 22.5. The number of thioether (sulfide) groups is 1. The zero-order chi connectivity index (χ0) is 24.3. The van der Waals surface area contributed by atoms with Crippen LogP contribution < -0.4 is 5.73 Å². The van der Waals surface area contributed by atoms with E-state index in [0.717, 1.165) is 50.5 Å². The van der Waals surface area contributed by atoms with E-state index in [-0.39, 0.29) is 22.6 Å². The van der Waals surface area contributed by atoms with Crippen molar-refractivity contribution >= 4 is 23.5 Å². The summed E-state index contributed by atoms with van der Waals surface area (Å²) in [6.07, 6.45) is 7.13. The highest BCUT2D eigenvalue weighted by molar-refractivity contribution is 8.02. The maximum absolute atomic E-state index is 14.7. The molecule has 5 nitrogen and oxygen atoms in total. The molecule has 0 amide bonds. The number of rotatable bonds is 6. The Labute approximate surface area is 203 Å². The van der Waals surface area contributed by atoms with Crippen molar-refractivity contribution in [2.45, 2.75) is 56.8 Å². The van der Waals surface area contributed by atoms with Gasteiger partial charge >= 0.3 is 5.92 Å². The second-order valence-corrected chi connectivity index (χ2v) is 10.1. The third-order valence-electron chi connectivity index (χ3n) is 6.95. The molecule has 0 unspecified atom stereocenters. The van der Waals surface area contributed by atoms with E-state index in [0.29, 0.717) is 11.4 Å². The van der Waals surface area contributed by atoms with Crippen LogP contribution in [0.1, 0.15) is 48.6 Å². The fraction of sp³-hybridized carbons (Fsp3) is 0.423. The van der Waals surface area contributed by atoms with Crippen molar-refractivity contribution < 1.29 is 13.6 Å². The molecule has 1 aliphatic heterocycles. The Kier molecular flexibility index (Phi) is 7.07. The summed E-state index contributed by atoms with van der Waals surface area (Å²) in [5.41, 5.74) is 9.28. The quantitative estimate of drug-likeness (QED) is 0.346. The summed E-state index contributed by atoms with van der Waals surface area (Å²) in [5.74, 6) is -4.26. The summed E-state index contributed by atoms with van der Waals surface area (Å²) in [7, 11) is 0. The van der Waals surface area contributed by atoms with Crippen LogP contribution in [0.4, 0.5) is 8.78 Å². The van der Waals surface area contributed by atoms with Crippen molar-refractivity contribution in [2.24, 2.45) is 16.1 Å². The standard InChI is InChI=1S/C26H30F2N4OS/c1-3-22(33)26(27,28)23-18(2)30-11-8-21(23)34-15-12-31-24(29)32-13-9-25(10-14-32)16-19-6-4-5-7-20(19)17-25/h4-8,11-12,15H,3,9-10,13-14,16-17H2,1-2H3,(H2,29,31). The third kappa shape index (κ3) is 4.87. The number of carbonyl (C=O) groups is 1. The molecule has 1 spiro atoms. The molecule has 1 aromatic carbocycles. The van der Waals surface area contributed by atoms with Crippen LogP contribution >= 0.6 is 11.8 Å². The molecule has 2 aromatic rings. The average molecular weight is 485 g/mol. The number of carbonyl (C=O) groups excluding carboxylic acids is 1. The molecule has 1 aromatic heterocycles. The molecule has 0 atom stereocenters. The van der Waals surface area contributed by atoms with E-state index in [4.69, 9.17) is 5.73 Å². The first-order chi connectivity index (χ1) is 16.3. The molecule has 180 valence electrons. The highest BCUT2D eigenvalue weighted by Gasteiger charge is 2.43. The topological polar surface area (TPSA) is 71.6 Å². The van der Waals surface area contributed by atoms with Gasteiger partial charge in [-0.05, 0) is 60.6 Å². The molecule has 34 heavy (non-hydrogen) atoms. The molecule has 2 heterocycles. The van der Waals surface area contributed by atoms with E-state index >= 15 is 0 Å². The van der Waals surface area contributed by atoms with Gasteiger partial charge in [0.2, 0.25) is 5.78 Å². The molecule has 0 saturated carbocycles. The molecule has 2 aliphatic rings. The van der Waals surface area contributed by atoms with Crippen LogP contribution in [0.5, 0.6) is 0 Å². The zero-order valence-corrected chi connectivity index (χ0v) is 20.4. The highest BCUT2D eigenvalue weighted by Crippen LogP contribution is 2.44. The number of aromatic nitrogens is 1. The number of piperidine rings is 1. The minimum absolute atomic E-state index is 0.143. The second kappa shape index (κ2) is 9.86. The van der Waals surface area contributed by atoms with Gasteiger partial charge in [-0.1, -0.05) is 43.0 Å². The van der Waals surface area contributed by atoms with Crippen LogP contribution in [0.15, 0.2) is 58.0 Å². The molecule has 0 bridgehead atoms. The number of nitrogens with zero attached hydrogens (tertiary/aromatic N) is 3. The van der Waals surface area contributed by atoms with E-state index in [1.54, 1.807) is 5.41 Å². The SMILES string of the molecule is CCC(=O)C(F)(F)c1c(SC=CN=C(N)N2CCC3(CC2)Cc2ccccc2C3)ccnc1C. The van der Waals surface area contributed by atoms with Crippen molar-refractivity contribution in [3.63, 3.8) is 0 Å². The minimum atomic E-state index is -3.57. The van der Waals surface area contributed by atoms with Gasteiger partial charge in [-0.15, -0.1) is 0 Å². The first-order valence-electron chi connectivity index (χ1n) is 11.6. The Hall–Kier alpha value is -2.74. The van der Waals surface area contributed by atoms with E-state index in [9.17, 15) is 13.6 Å². The number of likely N-dealkylation sites (tertiary alicyclic amines) is 1. The maximum Gasteiger partial charge on any atom is 0.333 e. The van der Waals surface area contributed by atoms with Gasteiger partial charge in [-0.3, -0.25) is 9.78 Å². The molecular formula is C26H30F2N4OS.